The van der Waals surface area contributed by atoms with Gasteiger partial charge in [-0.25, -0.2) is 0 Å². The number of alkyl halides is 3. The monoisotopic (exact) mass is 291 g/mol. The number of nitrogens with two attached hydrogens (primary N) is 1. The quantitative estimate of drug-likeness (QED) is 0.803. The lowest BCUT2D eigenvalue weighted by Gasteiger charge is -2.34. The number of hydrogen-bond donors (Lipinski definition) is 2. The minimum Gasteiger partial charge on any atom is -0.395 e. The van der Waals surface area contributed by atoms with Gasteiger partial charge in [-0.3, -0.25) is 9.88 Å². The molecule has 2 atom stereocenters. The van der Waals surface area contributed by atoms with E-state index in [9.17, 15) is 13.2 Å². The summed E-state index contributed by atoms with van der Waals surface area (Å²) in [5.41, 5.74) is 6.45. The zero-order valence-electron chi connectivity index (χ0n) is 11.3. The Morgan fingerprint density at radius 2 is 2.10 bits per heavy atom. The van der Waals surface area contributed by atoms with E-state index in [2.05, 4.69) is 4.98 Å². The maximum Gasteiger partial charge on any atom is 0.401 e. The predicted octanol–water partition coefficient (Wildman–Crippen LogP) is 1.72. The van der Waals surface area contributed by atoms with E-state index in [4.69, 9.17) is 10.8 Å². The molecular weight excluding hydrogens is 271 g/mol. The van der Waals surface area contributed by atoms with Crippen molar-refractivity contribution in [2.75, 3.05) is 19.7 Å². The first-order valence-electron chi connectivity index (χ1n) is 6.47. The third-order valence-electron chi connectivity index (χ3n) is 3.03. The Labute approximate surface area is 116 Å². The fraction of sp³-hybridized carbons (Fsp3) is 0.615. The second-order valence-corrected chi connectivity index (χ2v) is 4.58. The van der Waals surface area contributed by atoms with Gasteiger partial charge in [0, 0.05) is 18.8 Å². The molecule has 1 aromatic rings. The van der Waals surface area contributed by atoms with Gasteiger partial charge >= 0.3 is 6.18 Å². The third-order valence-corrected chi connectivity index (χ3v) is 3.03. The summed E-state index contributed by atoms with van der Waals surface area (Å²) in [7, 11) is 0. The van der Waals surface area contributed by atoms with E-state index in [1.807, 2.05) is 6.92 Å². The van der Waals surface area contributed by atoms with Crippen molar-refractivity contribution < 1.29 is 18.3 Å². The van der Waals surface area contributed by atoms with Crippen LogP contribution < -0.4 is 5.73 Å². The molecule has 0 saturated carbocycles. The van der Waals surface area contributed by atoms with Crippen LogP contribution in [0.4, 0.5) is 13.2 Å². The number of hydrogen-bond acceptors (Lipinski definition) is 4. The average Bonchev–Trinajstić information content (AvgIpc) is 2.38. The maximum atomic E-state index is 12.7. The van der Waals surface area contributed by atoms with Gasteiger partial charge < -0.3 is 10.8 Å². The van der Waals surface area contributed by atoms with Gasteiger partial charge in [-0.15, -0.1) is 0 Å². The summed E-state index contributed by atoms with van der Waals surface area (Å²) in [5, 5.41) is 9.01. The normalized spacial score (nSPS) is 15.3. The van der Waals surface area contributed by atoms with Gasteiger partial charge in [0.05, 0.1) is 24.9 Å². The van der Waals surface area contributed by atoms with Gasteiger partial charge in [-0.05, 0) is 18.6 Å². The highest BCUT2D eigenvalue weighted by Gasteiger charge is 2.36. The topological polar surface area (TPSA) is 62.4 Å². The van der Waals surface area contributed by atoms with Crippen molar-refractivity contribution in [1.29, 1.82) is 0 Å². The number of pyridine rings is 1. The molecule has 114 valence electrons. The van der Waals surface area contributed by atoms with Crippen molar-refractivity contribution >= 4 is 0 Å². The summed E-state index contributed by atoms with van der Waals surface area (Å²) in [6.07, 6.45) is -2.31. The molecule has 2 unspecified atom stereocenters. The fourth-order valence-electron chi connectivity index (χ4n) is 2.13. The van der Waals surface area contributed by atoms with Gasteiger partial charge in [-0.2, -0.15) is 13.2 Å². The summed E-state index contributed by atoms with van der Waals surface area (Å²) in [6.45, 7) is 0.220. The second kappa shape index (κ2) is 7.56. The second-order valence-electron chi connectivity index (χ2n) is 4.58. The molecule has 0 fully saturated rings. The molecule has 0 saturated heterocycles. The van der Waals surface area contributed by atoms with Gasteiger partial charge in [0.25, 0.3) is 0 Å². The largest absolute Gasteiger partial charge is 0.401 e. The summed E-state index contributed by atoms with van der Waals surface area (Å²) in [5.74, 6) is 0. The molecule has 0 aliphatic rings. The van der Waals surface area contributed by atoms with Crippen LogP contribution in [0.1, 0.15) is 25.1 Å². The third kappa shape index (κ3) is 5.07. The standard InChI is InChI=1S/C13H20F3N3O/c1-2-10(17)12(11-5-3-4-6-18-11)19(7-8-20)9-13(14,15)16/h3-6,10,12,20H,2,7-9,17H2,1H3. The van der Waals surface area contributed by atoms with E-state index >= 15 is 0 Å². The van der Waals surface area contributed by atoms with Crippen molar-refractivity contribution in [1.82, 2.24) is 9.88 Å². The van der Waals surface area contributed by atoms with E-state index < -0.39 is 24.8 Å². The number of aliphatic hydroxyl groups is 1. The Bertz CT molecular complexity index is 386. The summed E-state index contributed by atoms with van der Waals surface area (Å²) in [4.78, 5) is 5.25. The number of halogens is 3. The Morgan fingerprint density at radius 1 is 1.40 bits per heavy atom. The first kappa shape index (κ1) is 16.9. The van der Waals surface area contributed by atoms with Crippen LogP contribution in [0.3, 0.4) is 0 Å². The Balaban J connectivity index is 3.05. The Kier molecular flexibility index (Phi) is 6.38. The van der Waals surface area contributed by atoms with Crippen LogP contribution in [0.25, 0.3) is 0 Å². The van der Waals surface area contributed by atoms with Crippen molar-refractivity contribution in [3.05, 3.63) is 30.1 Å². The number of aromatic nitrogens is 1. The molecule has 0 aliphatic heterocycles. The molecule has 1 heterocycles. The lowest BCUT2D eigenvalue weighted by atomic mass is 10.0. The van der Waals surface area contributed by atoms with Crippen LogP contribution in [0.15, 0.2) is 24.4 Å². The minimum atomic E-state index is -4.35. The molecule has 1 rings (SSSR count). The van der Waals surface area contributed by atoms with Gasteiger partial charge in [0.2, 0.25) is 0 Å². The van der Waals surface area contributed by atoms with E-state index in [0.29, 0.717) is 12.1 Å². The first-order valence-corrected chi connectivity index (χ1v) is 6.47. The lowest BCUT2D eigenvalue weighted by Crippen LogP contribution is -2.46. The minimum absolute atomic E-state index is 0.103. The SMILES string of the molecule is CCC(N)C(c1ccccn1)N(CCO)CC(F)(F)F. The maximum absolute atomic E-state index is 12.7. The van der Waals surface area contributed by atoms with Crippen molar-refractivity contribution in [2.45, 2.75) is 31.6 Å². The number of rotatable bonds is 7. The smallest absolute Gasteiger partial charge is 0.395 e. The highest BCUT2D eigenvalue weighted by Crippen LogP contribution is 2.27. The zero-order valence-corrected chi connectivity index (χ0v) is 11.3. The van der Waals surface area contributed by atoms with Crippen molar-refractivity contribution in [2.24, 2.45) is 5.73 Å². The van der Waals surface area contributed by atoms with Gasteiger partial charge in [0.15, 0.2) is 0 Å². The lowest BCUT2D eigenvalue weighted by molar-refractivity contribution is -0.153. The van der Waals surface area contributed by atoms with Crippen LogP contribution in [0.5, 0.6) is 0 Å². The number of nitrogens with zero attached hydrogens (tertiary/aromatic N) is 2. The molecule has 1 aromatic heterocycles. The first-order chi connectivity index (χ1) is 9.39. The molecule has 0 amide bonds. The molecule has 4 nitrogen and oxygen atoms in total. The van der Waals surface area contributed by atoms with Crippen LogP contribution in [0, 0.1) is 0 Å². The Hall–Kier alpha value is -1.18. The summed E-state index contributed by atoms with van der Waals surface area (Å²) in [6, 6.07) is 3.90. The van der Waals surface area contributed by atoms with Crippen LogP contribution in [-0.2, 0) is 0 Å². The van der Waals surface area contributed by atoms with E-state index in [-0.39, 0.29) is 13.2 Å². The van der Waals surface area contributed by atoms with Crippen molar-refractivity contribution in [3.63, 3.8) is 0 Å². The molecule has 20 heavy (non-hydrogen) atoms. The van der Waals surface area contributed by atoms with Gasteiger partial charge in [-0.1, -0.05) is 13.0 Å². The molecule has 7 heteroatoms. The highest BCUT2D eigenvalue weighted by molar-refractivity contribution is 5.11. The number of aliphatic hydroxyl groups excluding tert-OH is 1. The van der Waals surface area contributed by atoms with Crippen LogP contribution in [0.2, 0.25) is 0 Å². The van der Waals surface area contributed by atoms with Gasteiger partial charge in [0.1, 0.15) is 0 Å². The van der Waals surface area contributed by atoms with E-state index in [1.54, 1.807) is 18.2 Å². The fourth-order valence-corrected chi connectivity index (χ4v) is 2.13. The summed E-state index contributed by atoms with van der Waals surface area (Å²) >= 11 is 0. The van der Waals surface area contributed by atoms with Crippen LogP contribution >= 0.6 is 0 Å². The zero-order chi connectivity index (χ0) is 15.2. The Morgan fingerprint density at radius 3 is 2.55 bits per heavy atom. The average molecular weight is 291 g/mol. The molecule has 0 spiro atoms. The van der Waals surface area contributed by atoms with Crippen LogP contribution in [-0.4, -0.2) is 46.9 Å². The molecule has 0 radical (unpaired) electrons. The highest BCUT2D eigenvalue weighted by atomic mass is 19.4. The molecule has 3 N–H and O–H groups in total. The summed E-state index contributed by atoms with van der Waals surface area (Å²) < 4.78 is 38.1. The van der Waals surface area contributed by atoms with E-state index in [0.717, 1.165) is 4.90 Å². The molecule has 0 aromatic carbocycles. The molecule has 0 bridgehead atoms. The van der Waals surface area contributed by atoms with E-state index in [1.165, 1.54) is 6.20 Å². The predicted molar refractivity (Wildman–Crippen MR) is 70.0 cm³/mol. The molecular formula is C13H20F3N3O. The van der Waals surface area contributed by atoms with Crippen molar-refractivity contribution in [3.8, 4) is 0 Å². The molecule has 0 aliphatic carbocycles.